The molecule has 2 saturated heterocycles. The number of hydrogen-bond acceptors (Lipinski definition) is 4. The summed E-state index contributed by atoms with van der Waals surface area (Å²) in [5.41, 5.74) is -4.17. The van der Waals surface area contributed by atoms with Gasteiger partial charge in [-0.15, -0.1) is 11.3 Å². The molecule has 6 nitrogen and oxygen atoms in total. The molecule has 2 aliphatic heterocycles. The molecule has 216 valence electrons. The smallest absolute Gasteiger partial charge is 0.338 e. The first kappa shape index (κ1) is 28.7. The predicted molar refractivity (Wildman–Crippen MR) is 140 cm³/mol. The minimum absolute atomic E-state index is 0.0351. The molecule has 41 heavy (non-hydrogen) atoms. The fraction of sp³-hybridized carbons (Fsp3) is 0.321. The van der Waals surface area contributed by atoms with Gasteiger partial charge in [-0.1, -0.05) is 25.1 Å². The number of anilines is 2. The zero-order chi connectivity index (χ0) is 29.9. The van der Waals surface area contributed by atoms with E-state index in [4.69, 9.17) is 0 Å². The van der Waals surface area contributed by atoms with E-state index in [1.54, 1.807) is 55.6 Å². The monoisotopic (exact) mass is 595 g/mol. The Morgan fingerprint density at radius 1 is 0.951 bits per heavy atom. The summed E-state index contributed by atoms with van der Waals surface area (Å²) in [4.78, 5) is 44.9. The molecule has 0 saturated carbocycles. The molecule has 2 unspecified atom stereocenters. The molecule has 0 aliphatic carbocycles. The van der Waals surface area contributed by atoms with Gasteiger partial charge in [0, 0.05) is 30.3 Å². The van der Waals surface area contributed by atoms with Crippen LogP contribution < -0.4 is 9.80 Å². The van der Waals surface area contributed by atoms with E-state index in [0.717, 1.165) is 15.4 Å². The van der Waals surface area contributed by atoms with Crippen molar-refractivity contribution in [1.29, 1.82) is 0 Å². The number of benzene rings is 2. The molecule has 2 fully saturated rings. The summed E-state index contributed by atoms with van der Waals surface area (Å²) in [6, 6.07) is 10.5. The summed E-state index contributed by atoms with van der Waals surface area (Å²) in [5.74, 6) is -2.27. The Labute approximate surface area is 234 Å². The maximum atomic E-state index is 14.1. The van der Waals surface area contributed by atoms with E-state index >= 15 is 0 Å². The third-order valence-electron chi connectivity index (χ3n) is 7.63. The first-order valence-corrected chi connectivity index (χ1v) is 13.4. The second-order valence-corrected chi connectivity index (χ2v) is 11.0. The summed E-state index contributed by atoms with van der Waals surface area (Å²) in [7, 11) is 0. The lowest BCUT2D eigenvalue weighted by atomic mass is 9.76. The van der Waals surface area contributed by atoms with Crippen LogP contribution in [0.4, 0.5) is 41.8 Å². The highest BCUT2D eigenvalue weighted by Gasteiger charge is 2.63. The van der Waals surface area contributed by atoms with E-state index in [1.165, 1.54) is 16.2 Å². The van der Waals surface area contributed by atoms with Crippen molar-refractivity contribution >= 4 is 39.9 Å². The first-order valence-electron chi connectivity index (χ1n) is 12.5. The number of rotatable bonds is 3. The number of para-hydroxylation sites is 1. The van der Waals surface area contributed by atoms with E-state index in [9.17, 15) is 40.7 Å². The van der Waals surface area contributed by atoms with Gasteiger partial charge in [-0.05, 0) is 60.7 Å². The molecule has 2 aliphatic rings. The average molecular weight is 596 g/mol. The number of piperidine rings is 1. The molecule has 5 rings (SSSR count). The standard InChI is InChI=1S/C28H23F6N3O3S/c1-16-6-3-4-7-21(16)37-25(40)36(22-8-5-11-41-22)24(39)26(37)9-10-35(15-17(26)2)23(38)18-12-19(27(29,30)31)14-20(13-18)28(32,33)34/h3-8,11-14,17H,9-10,15H2,1-2H3. The van der Waals surface area contributed by atoms with Gasteiger partial charge in [-0.2, -0.15) is 26.3 Å². The Kier molecular flexibility index (Phi) is 6.91. The van der Waals surface area contributed by atoms with Crippen LogP contribution in [0.25, 0.3) is 0 Å². The highest BCUT2D eigenvalue weighted by atomic mass is 32.1. The molecule has 1 spiro atoms. The van der Waals surface area contributed by atoms with Gasteiger partial charge in [0.05, 0.1) is 11.1 Å². The molecule has 2 atom stereocenters. The molecule has 2 aromatic carbocycles. The van der Waals surface area contributed by atoms with E-state index in [-0.39, 0.29) is 25.6 Å². The quantitative estimate of drug-likeness (QED) is 0.242. The van der Waals surface area contributed by atoms with Crippen molar-refractivity contribution in [3.63, 3.8) is 0 Å². The normalized spacial score (nSPS) is 21.8. The molecule has 3 aromatic rings. The number of nitrogens with zero attached hydrogens (tertiary/aromatic N) is 3. The summed E-state index contributed by atoms with van der Waals surface area (Å²) >= 11 is 1.20. The van der Waals surface area contributed by atoms with Gasteiger partial charge in [0.15, 0.2) is 0 Å². The number of thiophene rings is 1. The van der Waals surface area contributed by atoms with Crippen molar-refractivity contribution in [2.24, 2.45) is 5.92 Å². The van der Waals surface area contributed by atoms with Crippen LogP contribution in [0.2, 0.25) is 0 Å². The van der Waals surface area contributed by atoms with Crippen LogP contribution in [-0.4, -0.2) is 41.4 Å². The fourth-order valence-electron chi connectivity index (χ4n) is 5.59. The Morgan fingerprint density at radius 2 is 1.59 bits per heavy atom. The SMILES string of the molecule is Cc1ccccc1N1C(=O)N(c2cccs2)C(=O)C12CCN(C(=O)c1cc(C(F)(F)F)cc(C(F)(F)F)c1)CC2C. The van der Waals surface area contributed by atoms with E-state index in [0.29, 0.717) is 22.8 Å². The maximum absolute atomic E-state index is 14.1. The summed E-state index contributed by atoms with van der Waals surface area (Å²) < 4.78 is 80.4. The van der Waals surface area contributed by atoms with Gasteiger partial charge >= 0.3 is 18.4 Å². The molecule has 13 heteroatoms. The predicted octanol–water partition coefficient (Wildman–Crippen LogP) is 6.99. The molecular weight excluding hydrogens is 572 g/mol. The van der Waals surface area contributed by atoms with Crippen molar-refractivity contribution in [1.82, 2.24) is 4.90 Å². The van der Waals surface area contributed by atoms with Crippen LogP contribution in [0.1, 0.15) is 40.4 Å². The van der Waals surface area contributed by atoms with Crippen LogP contribution in [0.3, 0.4) is 0 Å². The van der Waals surface area contributed by atoms with E-state index in [2.05, 4.69) is 0 Å². The Morgan fingerprint density at radius 3 is 2.12 bits per heavy atom. The van der Waals surface area contributed by atoms with Gasteiger partial charge in [0.2, 0.25) is 0 Å². The number of urea groups is 1. The highest BCUT2D eigenvalue weighted by Crippen LogP contribution is 2.47. The van der Waals surface area contributed by atoms with Gasteiger partial charge in [0.1, 0.15) is 10.5 Å². The Balaban J connectivity index is 1.53. The van der Waals surface area contributed by atoms with Crippen LogP contribution in [-0.2, 0) is 17.1 Å². The summed E-state index contributed by atoms with van der Waals surface area (Å²) in [5, 5.41) is 2.12. The van der Waals surface area contributed by atoms with Crippen LogP contribution >= 0.6 is 11.3 Å². The minimum atomic E-state index is -5.11. The Hall–Kier alpha value is -3.87. The summed E-state index contributed by atoms with van der Waals surface area (Å²) in [6.07, 6.45) is -10.3. The van der Waals surface area contributed by atoms with Crippen molar-refractivity contribution in [3.8, 4) is 0 Å². The van der Waals surface area contributed by atoms with Crippen molar-refractivity contribution in [2.75, 3.05) is 22.9 Å². The minimum Gasteiger partial charge on any atom is -0.338 e. The van der Waals surface area contributed by atoms with Crippen LogP contribution in [0.15, 0.2) is 60.0 Å². The molecule has 0 N–H and O–H groups in total. The Bertz CT molecular complexity index is 1490. The third-order valence-corrected chi connectivity index (χ3v) is 8.49. The lowest BCUT2D eigenvalue weighted by molar-refractivity contribution is -0.143. The van der Waals surface area contributed by atoms with E-state index in [1.807, 2.05) is 0 Å². The van der Waals surface area contributed by atoms with Gasteiger partial charge in [0.25, 0.3) is 11.8 Å². The number of imide groups is 1. The second-order valence-electron chi connectivity index (χ2n) is 10.1. The number of alkyl halides is 6. The van der Waals surface area contributed by atoms with Crippen molar-refractivity contribution in [2.45, 2.75) is 38.2 Å². The fourth-order valence-corrected chi connectivity index (χ4v) is 6.31. The number of aryl methyl sites for hydroxylation is 1. The van der Waals surface area contributed by atoms with Crippen molar-refractivity contribution < 1.29 is 40.7 Å². The topological polar surface area (TPSA) is 60.9 Å². The number of halogens is 6. The largest absolute Gasteiger partial charge is 0.416 e. The molecule has 0 radical (unpaired) electrons. The number of carbonyl (C=O) groups excluding carboxylic acids is 3. The van der Waals surface area contributed by atoms with Crippen LogP contribution in [0, 0.1) is 12.8 Å². The zero-order valence-corrected chi connectivity index (χ0v) is 22.5. The van der Waals surface area contributed by atoms with Crippen LogP contribution in [0.5, 0.6) is 0 Å². The van der Waals surface area contributed by atoms with E-state index < -0.39 is 58.3 Å². The highest BCUT2D eigenvalue weighted by molar-refractivity contribution is 7.14. The lowest BCUT2D eigenvalue weighted by Crippen LogP contribution is -2.62. The number of hydrogen-bond donors (Lipinski definition) is 0. The number of carbonyl (C=O) groups is 3. The molecule has 1 aromatic heterocycles. The number of amides is 4. The second kappa shape index (κ2) is 9.89. The average Bonchev–Trinajstić information content (AvgIpc) is 3.50. The zero-order valence-electron chi connectivity index (χ0n) is 21.7. The molecular formula is C28H23F6N3O3S. The van der Waals surface area contributed by atoms with Gasteiger partial charge in [-0.25, -0.2) is 9.69 Å². The van der Waals surface area contributed by atoms with Gasteiger partial charge < -0.3 is 4.90 Å². The van der Waals surface area contributed by atoms with Gasteiger partial charge in [-0.3, -0.25) is 14.5 Å². The first-order chi connectivity index (χ1) is 19.2. The number of likely N-dealkylation sites (tertiary alicyclic amines) is 1. The summed E-state index contributed by atoms with van der Waals surface area (Å²) in [6.45, 7) is 3.06. The third kappa shape index (κ3) is 4.75. The molecule has 3 heterocycles. The van der Waals surface area contributed by atoms with Crippen molar-refractivity contribution in [3.05, 3.63) is 82.2 Å². The maximum Gasteiger partial charge on any atom is 0.416 e. The lowest BCUT2D eigenvalue weighted by Gasteiger charge is -2.47. The molecule has 0 bridgehead atoms. The molecule has 4 amide bonds.